The van der Waals surface area contributed by atoms with Gasteiger partial charge in [0.25, 0.3) is 0 Å². The van der Waals surface area contributed by atoms with Crippen LogP contribution in [-0.2, 0) is 20.7 Å². The Morgan fingerprint density at radius 3 is 2.68 bits per heavy atom. The molecule has 0 saturated carbocycles. The molecule has 2 saturated heterocycles. The van der Waals surface area contributed by atoms with Gasteiger partial charge in [-0.05, 0) is 80.3 Å². The number of benzene rings is 2. The molecule has 3 unspecified atom stereocenters. The first-order chi connectivity index (χ1) is 18.1. The molecular weight excluding hydrogens is 466 g/mol. The number of methoxy groups -OCH3 is 1. The maximum atomic E-state index is 13.6. The maximum absolute atomic E-state index is 13.6. The fourth-order valence-corrected chi connectivity index (χ4v) is 6.04. The van der Waals surface area contributed by atoms with E-state index in [2.05, 4.69) is 34.9 Å². The molecule has 0 aromatic heterocycles. The van der Waals surface area contributed by atoms with E-state index >= 15 is 0 Å². The highest BCUT2D eigenvalue weighted by Crippen LogP contribution is 2.42. The molecule has 3 aliphatic rings. The van der Waals surface area contributed by atoms with Gasteiger partial charge in [-0.15, -0.1) is 0 Å². The van der Waals surface area contributed by atoms with Gasteiger partial charge in [0.2, 0.25) is 11.8 Å². The van der Waals surface area contributed by atoms with Crippen molar-refractivity contribution < 1.29 is 19.1 Å². The van der Waals surface area contributed by atoms with E-state index in [1.807, 2.05) is 24.3 Å². The first-order valence-electron chi connectivity index (χ1n) is 13.8. The van der Waals surface area contributed by atoms with Crippen molar-refractivity contribution in [3.05, 3.63) is 65.2 Å². The molecule has 4 atom stereocenters. The molecule has 0 radical (unpaired) electrons. The highest BCUT2D eigenvalue weighted by atomic mass is 16.5. The quantitative estimate of drug-likeness (QED) is 0.655. The summed E-state index contributed by atoms with van der Waals surface area (Å²) in [6, 6.07) is 16.3. The first kappa shape index (κ1) is 25.7. The summed E-state index contributed by atoms with van der Waals surface area (Å²) >= 11 is 0. The Morgan fingerprint density at radius 1 is 1.03 bits per heavy atom. The smallest absolute Gasteiger partial charge is 0.243 e. The Kier molecular flexibility index (Phi) is 8.41. The van der Waals surface area contributed by atoms with Crippen molar-refractivity contribution in [2.24, 2.45) is 0 Å². The highest BCUT2D eigenvalue weighted by molar-refractivity contribution is 5.88. The van der Waals surface area contributed by atoms with Gasteiger partial charge in [0.15, 0.2) is 0 Å². The molecule has 2 amide bonds. The molecule has 7 nitrogen and oxygen atoms in total. The van der Waals surface area contributed by atoms with Crippen molar-refractivity contribution in [3.8, 4) is 5.75 Å². The van der Waals surface area contributed by atoms with E-state index < -0.39 is 6.04 Å². The SMILES string of the molecule is COc1ccc2c(c1)C1CC2OCCCCC(N2CCCC2=O)C(=O)N[C@@H](Cc2ccccc2)CCN1. The van der Waals surface area contributed by atoms with Gasteiger partial charge in [0.1, 0.15) is 11.8 Å². The van der Waals surface area contributed by atoms with Gasteiger partial charge < -0.3 is 25.0 Å². The number of likely N-dealkylation sites (tertiary alicyclic amines) is 1. The molecule has 2 heterocycles. The van der Waals surface area contributed by atoms with Crippen molar-refractivity contribution in [2.45, 2.75) is 75.6 Å². The monoisotopic (exact) mass is 505 g/mol. The van der Waals surface area contributed by atoms with Gasteiger partial charge in [-0.3, -0.25) is 9.59 Å². The van der Waals surface area contributed by atoms with Crippen LogP contribution in [0.5, 0.6) is 5.75 Å². The number of amides is 2. The van der Waals surface area contributed by atoms with Gasteiger partial charge in [-0.25, -0.2) is 0 Å². The topological polar surface area (TPSA) is 79.9 Å². The third-order valence-electron chi connectivity index (χ3n) is 8.00. The maximum Gasteiger partial charge on any atom is 0.243 e. The van der Waals surface area contributed by atoms with E-state index in [9.17, 15) is 9.59 Å². The van der Waals surface area contributed by atoms with Gasteiger partial charge in [0, 0.05) is 31.7 Å². The van der Waals surface area contributed by atoms with Crippen LogP contribution in [-0.4, -0.2) is 55.6 Å². The molecule has 198 valence electrons. The Balaban J connectivity index is 1.36. The van der Waals surface area contributed by atoms with Crippen LogP contribution in [0.15, 0.2) is 48.5 Å². The van der Waals surface area contributed by atoms with Crippen LogP contribution in [0.4, 0.5) is 0 Å². The van der Waals surface area contributed by atoms with E-state index in [0.29, 0.717) is 26.0 Å². The third-order valence-corrected chi connectivity index (χ3v) is 8.00. The van der Waals surface area contributed by atoms with Crippen molar-refractivity contribution in [1.29, 1.82) is 0 Å². The predicted octanol–water partition coefficient (Wildman–Crippen LogP) is 4.08. The lowest BCUT2D eigenvalue weighted by molar-refractivity contribution is -0.138. The molecule has 2 aromatic rings. The van der Waals surface area contributed by atoms with E-state index in [4.69, 9.17) is 9.47 Å². The molecule has 2 bridgehead atoms. The van der Waals surface area contributed by atoms with Gasteiger partial charge >= 0.3 is 0 Å². The average molecular weight is 506 g/mol. The minimum atomic E-state index is -0.406. The number of carbonyl (C=O) groups is 2. The van der Waals surface area contributed by atoms with Crippen LogP contribution in [0, 0.1) is 0 Å². The lowest BCUT2D eigenvalue weighted by atomic mass is 10.0. The summed E-state index contributed by atoms with van der Waals surface area (Å²) in [5, 5.41) is 7.08. The Labute approximate surface area is 219 Å². The second-order valence-electron chi connectivity index (χ2n) is 10.5. The Morgan fingerprint density at radius 2 is 1.89 bits per heavy atom. The van der Waals surface area contributed by atoms with Crippen LogP contribution < -0.4 is 15.4 Å². The first-order valence-corrected chi connectivity index (χ1v) is 13.8. The zero-order chi connectivity index (χ0) is 25.6. The molecule has 0 spiro atoms. The van der Waals surface area contributed by atoms with Crippen molar-refractivity contribution in [2.75, 3.05) is 26.8 Å². The average Bonchev–Trinajstić information content (AvgIpc) is 3.48. The molecule has 5 rings (SSSR count). The number of carbonyl (C=O) groups excluding carboxylic acids is 2. The normalized spacial score (nSPS) is 27.2. The summed E-state index contributed by atoms with van der Waals surface area (Å²) in [6.45, 7) is 2.07. The number of nitrogens with one attached hydrogen (secondary N) is 2. The van der Waals surface area contributed by atoms with Gasteiger partial charge in [-0.2, -0.15) is 0 Å². The fraction of sp³-hybridized carbons (Fsp3) is 0.533. The van der Waals surface area contributed by atoms with E-state index in [0.717, 1.165) is 50.8 Å². The molecule has 2 aromatic carbocycles. The van der Waals surface area contributed by atoms with Crippen molar-refractivity contribution in [3.63, 3.8) is 0 Å². The summed E-state index contributed by atoms with van der Waals surface area (Å²) in [5.74, 6) is 0.931. The minimum Gasteiger partial charge on any atom is -0.497 e. The summed E-state index contributed by atoms with van der Waals surface area (Å²) in [5.41, 5.74) is 3.68. The lowest BCUT2D eigenvalue weighted by Crippen LogP contribution is -2.51. The molecule has 2 fully saturated rings. The highest BCUT2D eigenvalue weighted by Gasteiger charge is 2.35. The van der Waals surface area contributed by atoms with Crippen LogP contribution in [0.1, 0.15) is 73.8 Å². The van der Waals surface area contributed by atoms with Crippen molar-refractivity contribution in [1.82, 2.24) is 15.5 Å². The number of hydrogen-bond acceptors (Lipinski definition) is 5. The predicted molar refractivity (Wildman–Crippen MR) is 142 cm³/mol. The fourth-order valence-electron chi connectivity index (χ4n) is 6.04. The standard InChI is InChI=1S/C30H39N3O4/c1-36-23-12-13-24-25(19-23)26-20-28(24)37-17-6-5-10-27(33-16-7-11-29(33)34)30(35)32-22(14-15-31-26)18-21-8-3-2-4-9-21/h2-4,8-9,12-13,19,22,26-28,31H,5-7,10-11,14-18,20H2,1H3,(H,32,35)/t22-,26?,27?,28?/m1/s1. The summed E-state index contributed by atoms with van der Waals surface area (Å²) in [7, 11) is 1.70. The summed E-state index contributed by atoms with van der Waals surface area (Å²) in [6.07, 6.45) is 6.24. The number of nitrogens with zero attached hydrogens (tertiary/aromatic N) is 1. The third kappa shape index (κ3) is 6.16. The van der Waals surface area contributed by atoms with E-state index in [-0.39, 0.29) is 30.0 Å². The zero-order valence-corrected chi connectivity index (χ0v) is 21.8. The van der Waals surface area contributed by atoms with E-state index in [1.165, 1.54) is 16.7 Å². The summed E-state index contributed by atoms with van der Waals surface area (Å²) < 4.78 is 11.9. The molecule has 37 heavy (non-hydrogen) atoms. The van der Waals surface area contributed by atoms with E-state index in [1.54, 1.807) is 12.0 Å². The van der Waals surface area contributed by atoms with Gasteiger partial charge in [-0.1, -0.05) is 36.4 Å². The van der Waals surface area contributed by atoms with Gasteiger partial charge in [0.05, 0.1) is 13.2 Å². The Hall–Kier alpha value is -2.90. The van der Waals surface area contributed by atoms with Crippen LogP contribution in [0.2, 0.25) is 0 Å². The van der Waals surface area contributed by atoms with Crippen LogP contribution in [0.25, 0.3) is 0 Å². The van der Waals surface area contributed by atoms with Crippen LogP contribution in [0.3, 0.4) is 0 Å². The van der Waals surface area contributed by atoms with Crippen molar-refractivity contribution >= 4 is 11.8 Å². The molecule has 1 aliphatic carbocycles. The molecular formula is C30H39N3O4. The zero-order valence-electron chi connectivity index (χ0n) is 21.8. The number of ether oxygens (including phenoxy) is 2. The number of fused-ring (bicyclic) bond motifs is 5. The molecule has 2 aliphatic heterocycles. The summed E-state index contributed by atoms with van der Waals surface area (Å²) in [4.78, 5) is 27.9. The second-order valence-corrected chi connectivity index (χ2v) is 10.5. The lowest BCUT2D eigenvalue weighted by Gasteiger charge is -2.29. The number of hydrogen-bond donors (Lipinski definition) is 2. The van der Waals surface area contributed by atoms with Crippen LogP contribution >= 0.6 is 0 Å². The second kappa shape index (κ2) is 12.1. The Bertz CT molecular complexity index is 1080. The minimum absolute atomic E-state index is 0.0223. The molecule has 2 N–H and O–H groups in total. The number of rotatable bonds is 4. The largest absolute Gasteiger partial charge is 0.497 e. The molecule has 7 heteroatoms.